The molecule has 4 fully saturated rings. The van der Waals surface area contributed by atoms with Crippen LogP contribution in [0.5, 0.6) is 0 Å². The number of fused-ring (bicyclic) bond motifs is 1. The fourth-order valence-corrected chi connectivity index (χ4v) is 5.87. The zero-order chi connectivity index (χ0) is 18.7. The summed E-state index contributed by atoms with van der Waals surface area (Å²) in [6.45, 7) is 21.9. The Morgan fingerprint density at radius 2 is 1.69 bits per heavy atom. The monoisotopic (exact) mass is 364 g/mol. The molecule has 5 heteroatoms. The highest BCUT2D eigenvalue weighted by Crippen LogP contribution is 2.48. The molecule has 150 valence electrons. The molecule has 3 atom stereocenters. The molecular formula is C21H40N4O. The van der Waals surface area contributed by atoms with Crippen molar-refractivity contribution in [1.82, 2.24) is 20.0 Å². The molecule has 0 radical (unpaired) electrons. The first-order chi connectivity index (χ1) is 12.1. The second kappa shape index (κ2) is 6.41. The van der Waals surface area contributed by atoms with Crippen LogP contribution in [0, 0.1) is 0 Å². The number of morpholine rings is 1. The van der Waals surface area contributed by atoms with Crippen molar-refractivity contribution in [3.05, 3.63) is 0 Å². The zero-order valence-electron chi connectivity index (χ0n) is 17.8. The van der Waals surface area contributed by atoms with Crippen molar-refractivity contribution >= 4 is 0 Å². The van der Waals surface area contributed by atoms with Gasteiger partial charge in [-0.3, -0.25) is 14.7 Å². The largest absolute Gasteiger partial charge is 0.378 e. The van der Waals surface area contributed by atoms with Gasteiger partial charge in [0.05, 0.1) is 13.2 Å². The van der Waals surface area contributed by atoms with Gasteiger partial charge in [-0.25, -0.2) is 0 Å². The van der Waals surface area contributed by atoms with E-state index in [0.717, 1.165) is 32.8 Å². The molecule has 3 heterocycles. The maximum absolute atomic E-state index is 5.89. The standard InChI is InChI=1S/C21H40N4O/c1-19(2,3)23-12-16-14-26-10-9-24(16)18(13-23)17-11-22-15-21(7-8-21)25(17)20(4,5)6/h16-18,22H,7-15H2,1-6H3. The van der Waals surface area contributed by atoms with Crippen molar-refractivity contribution in [3.8, 4) is 0 Å². The number of ether oxygens (including phenoxy) is 1. The summed E-state index contributed by atoms with van der Waals surface area (Å²) in [5.74, 6) is 0. The van der Waals surface area contributed by atoms with E-state index in [0.29, 0.717) is 23.7 Å². The van der Waals surface area contributed by atoms with E-state index in [1.165, 1.54) is 25.9 Å². The molecule has 5 nitrogen and oxygen atoms in total. The topological polar surface area (TPSA) is 31.0 Å². The molecule has 4 rings (SSSR count). The summed E-state index contributed by atoms with van der Waals surface area (Å²) in [5.41, 5.74) is 0.843. The van der Waals surface area contributed by atoms with E-state index < -0.39 is 0 Å². The van der Waals surface area contributed by atoms with Crippen LogP contribution in [0.2, 0.25) is 0 Å². The van der Waals surface area contributed by atoms with Gasteiger partial charge in [-0.05, 0) is 54.4 Å². The molecule has 1 saturated carbocycles. The minimum Gasteiger partial charge on any atom is -0.378 e. The van der Waals surface area contributed by atoms with E-state index in [9.17, 15) is 0 Å². The van der Waals surface area contributed by atoms with Crippen molar-refractivity contribution in [2.24, 2.45) is 0 Å². The molecule has 0 aromatic rings. The summed E-state index contributed by atoms with van der Waals surface area (Å²) in [6, 6.07) is 1.71. The van der Waals surface area contributed by atoms with Gasteiger partial charge in [0.25, 0.3) is 0 Å². The lowest BCUT2D eigenvalue weighted by molar-refractivity contribution is -0.128. The van der Waals surface area contributed by atoms with Gasteiger partial charge < -0.3 is 10.1 Å². The van der Waals surface area contributed by atoms with Crippen molar-refractivity contribution in [2.45, 2.75) is 89.1 Å². The fourth-order valence-electron chi connectivity index (χ4n) is 5.87. The van der Waals surface area contributed by atoms with E-state index in [4.69, 9.17) is 4.74 Å². The van der Waals surface area contributed by atoms with Gasteiger partial charge in [0.2, 0.25) is 0 Å². The number of piperazine rings is 2. The van der Waals surface area contributed by atoms with Gasteiger partial charge in [-0.15, -0.1) is 0 Å². The lowest BCUT2D eigenvalue weighted by atomic mass is 9.87. The van der Waals surface area contributed by atoms with Crippen LogP contribution in [-0.2, 0) is 4.74 Å². The molecule has 0 aromatic heterocycles. The van der Waals surface area contributed by atoms with Crippen LogP contribution in [0.4, 0.5) is 0 Å². The number of rotatable bonds is 1. The molecule has 1 spiro atoms. The number of hydrogen-bond donors (Lipinski definition) is 1. The van der Waals surface area contributed by atoms with Gasteiger partial charge in [0.15, 0.2) is 0 Å². The lowest BCUT2D eigenvalue weighted by Gasteiger charge is -2.59. The Kier molecular flexibility index (Phi) is 4.72. The van der Waals surface area contributed by atoms with Crippen LogP contribution in [0.3, 0.4) is 0 Å². The van der Waals surface area contributed by atoms with Crippen molar-refractivity contribution in [1.29, 1.82) is 0 Å². The van der Waals surface area contributed by atoms with E-state index in [1.54, 1.807) is 0 Å². The summed E-state index contributed by atoms with van der Waals surface area (Å²) in [6.07, 6.45) is 2.71. The zero-order valence-corrected chi connectivity index (χ0v) is 17.8. The summed E-state index contributed by atoms with van der Waals surface area (Å²) in [5, 5.41) is 3.82. The maximum Gasteiger partial charge on any atom is 0.0635 e. The Hall–Kier alpha value is -0.200. The first kappa shape index (κ1) is 19.1. The van der Waals surface area contributed by atoms with Crippen LogP contribution in [-0.4, -0.2) is 95.4 Å². The van der Waals surface area contributed by atoms with Crippen LogP contribution in [0.15, 0.2) is 0 Å². The van der Waals surface area contributed by atoms with Crippen molar-refractivity contribution < 1.29 is 4.74 Å². The molecule has 4 aliphatic rings. The Morgan fingerprint density at radius 3 is 2.31 bits per heavy atom. The molecule has 3 aliphatic heterocycles. The third-order valence-corrected chi connectivity index (χ3v) is 7.13. The average Bonchev–Trinajstić information content (AvgIpc) is 3.30. The van der Waals surface area contributed by atoms with Crippen LogP contribution >= 0.6 is 0 Å². The quantitative estimate of drug-likeness (QED) is 0.766. The average molecular weight is 365 g/mol. The third-order valence-electron chi connectivity index (χ3n) is 7.13. The van der Waals surface area contributed by atoms with Gasteiger partial charge in [0.1, 0.15) is 0 Å². The Bertz CT molecular complexity index is 519. The first-order valence-corrected chi connectivity index (χ1v) is 10.7. The van der Waals surface area contributed by atoms with Gasteiger partial charge in [0, 0.05) is 67.5 Å². The molecule has 0 aromatic carbocycles. The predicted molar refractivity (Wildman–Crippen MR) is 107 cm³/mol. The first-order valence-electron chi connectivity index (χ1n) is 10.7. The van der Waals surface area contributed by atoms with Gasteiger partial charge in [-0.1, -0.05) is 0 Å². The lowest BCUT2D eigenvalue weighted by Crippen LogP contribution is -2.75. The Balaban J connectivity index is 1.65. The SMILES string of the molecule is CC(C)(C)N1CC2COCCN2C(C2CNCC3(CC3)N2C(C)(C)C)C1. The maximum atomic E-state index is 5.89. The van der Waals surface area contributed by atoms with E-state index >= 15 is 0 Å². The second-order valence-corrected chi connectivity index (χ2v) is 11.1. The smallest absolute Gasteiger partial charge is 0.0635 e. The van der Waals surface area contributed by atoms with Crippen molar-refractivity contribution in [2.75, 3.05) is 45.9 Å². The molecule has 3 saturated heterocycles. The number of hydrogen-bond acceptors (Lipinski definition) is 5. The highest BCUT2D eigenvalue weighted by Gasteiger charge is 2.58. The van der Waals surface area contributed by atoms with Gasteiger partial charge >= 0.3 is 0 Å². The van der Waals surface area contributed by atoms with Crippen molar-refractivity contribution in [3.63, 3.8) is 0 Å². The fraction of sp³-hybridized carbons (Fsp3) is 1.00. The normalized spacial score (nSPS) is 36.9. The van der Waals surface area contributed by atoms with Crippen LogP contribution < -0.4 is 5.32 Å². The number of nitrogens with zero attached hydrogens (tertiary/aromatic N) is 3. The molecule has 1 aliphatic carbocycles. The minimum absolute atomic E-state index is 0.216. The predicted octanol–water partition coefficient (Wildman–Crippen LogP) is 1.77. The number of nitrogens with one attached hydrogen (secondary N) is 1. The third kappa shape index (κ3) is 3.35. The highest BCUT2D eigenvalue weighted by molar-refractivity contribution is 5.16. The molecule has 0 bridgehead atoms. The highest BCUT2D eigenvalue weighted by atomic mass is 16.5. The summed E-state index contributed by atoms with van der Waals surface area (Å²) in [7, 11) is 0. The second-order valence-electron chi connectivity index (χ2n) is 11.1. The Labute approximate surface area is 160 Å². The van der Waals surface area contributed by atoms with Gasteiger partial charge in [-0.2, -0.15) is 0 Å². The van der Waals surface area contributed by atoms with Crippen LogP contribution in [0.25, 0.3) is 0 Å². The summed E-state index contributed by atoms with van der Waals surface area (Å²) < 4.78 is 5.89. The molecular weight excluding hydrogens is 324 g/mol. The Morgan fingerprint density at radius 1 is 0.962 bits per heavy atom. The molecule has 26 heavy (non-hydrogen) atoms. The molecule has 0 amide bonds. The molecule has 1 N–H and O–H groups in total. The van der Waals surface area contributed by atoms with E-state index in [1.807, 2.05) is 0 Å². The summed E-state index contributed by atoms with van der Waals surface area (Å²) >= 11 is 0. The van der Waals surface area contributed by atoms with E-state index in [-0.39, 0.29) is 11.1 Å². The van der Waals surface area contributed by atoms with E-state index in [2.05, 4.69) is 61.6 Å². The minimum atomic E-state index is 0.216. The molecule has 3 unspecified atom stereocenters. The summed E-state index contributed by atoms with van der Waals surface area (Å²) in [4.78, 5) is 8.43. The van der Waals surface area contributed by atoms with Crippen LogP contribution in [0.1, 0.15) is 54.4 Å².